The fourth-order valence-corrected chi connectivity index (χ4v) is 2.36. The third-order valence-corrected chi connectivity index (χ3v) is 3.99. The van der Waals surface area contributed by atoms with E-state index in [1.807, 2.05) is 6.92 Å². The molecule has 1 rings (SSSR count). The number of ether oxygens (including phenoxy) is 2. The number of hydrogen-bond donors (Lipinski definition) is 1. The summed E-state index contributed by atoms with van der Waals surface area (Å²) in [7, 11) is 0. The molecule has 9 heteroatoms. The van der Waals surface area contributed by atoms with Crippen molar-refractivity contribution >= 4 is 29.6 Å². The summed E-state index contributed by atoms with van der Waals surface area (Å²) in [5, 5.41) is 14.3. The van der Waals surface area contributed by atoms with E-state index in [0.29, 0.717) is 23.4 Å². The fourth-order valence-electron chi connectivity index (χ4n) is 2.24. The molecule has 1 aromatic rings. The summed E-state index contributed by atoms with van der Waals surface area (Å²) >= 11 is 5.80. The van der Waals surface area contributed by atoms with Crippen LogP contribution in [0.3, 0.4) is 0 Å². The first-order valence-electron chi connectivity index (χ1n) is 8.85. The van der Waals surface area contributed by atoms with E-state index >= 15 is 0 Å². The molecule has 28 heavy (non-hydrogen) atoms. The molecule has 1 aromatic carbocycles. The SMILES string of the molecule is CCC[C@H](OC(=O)NCCC(C(=O)[O-])c1ccc(Cl)cc1)OC(=O)C(C)C.[Na+]. The average Bonchev–Trinajstić information content (AvgIpc) is 2.59. The average molecular weight is 422 g/mol. The van der Waals surface area contributed by atoms with Gasteiger partial charge in [0.1, 0.15) is 0 Å². The molecule has 0 fully saturated rings. The standard InChI is InChI=1S/C19H26ClNO6.Na/c1-4-5-16(26-18(24)12(2)3)27-19(25)21-11-10-15(17(22)23)13-6-8-14(20)9-7-13;/h6-9,12,15-16H,4-5,10-11H2,1-3H3,(H,21,25)(H,22,23);/q;+1/p-1/t15?,16-;/m0./s1. The normalized spacial score (nSPS) is 12.5. The zero-order chi connectivity index (χ0) is 20.4. The minimum atomic E-state index is -1.25. The Labute approximate surface area is 192 Å². The number of carbonyl (C=O) groups is 3. The van der Waals surface area contributed by atoms with Crippen LogP contribution in [0, 0.1) is 5.92 Å². The third-order valence-electron chi connectivity index (χ3n) is 3.74. The first-order valence-corrected chi connectivity index (χ1v) is 9.23. The second-order valence-electron chi connectivity index (χ2n) is 6.35. The van der Waals surface area contributed by atoms with E-state index in [2.05, 4.69) is 5.32 Å². The maximum atomic E-state index is 11.9. The van der Waals surface area contributed by atoms with Crippen LogP contribution in [0.2, 0.25) is 5.02 Å². The minimum Gasteiger partial charge on any atom is -0.549 e. The molecule has 1 unspecified atom stereocenters. The van der Waals surface area contributed by atoms with E-state index in [1.165, 1.54) is 0 Å². The van der Waals surface area contributed by atoms with E-state index in [-0.39, 0.29) is 48.4 Å². The third kappa shape index (κ3) is 9.78. The van der Waals surface area contributed by atoms with Gasteiger partial charge in [0.15, 0.2) is 0 Å². The number of esters is 1. The van der Waals surface area contributed by atoms with E-state index < -0.39 is 30.2 Å². The molecule has 0 heterocycles. The molecule has 0 aliphatic carbocycles. The Morgan fingerprint density at radius 2 is 1.71 bits per heavy atom. The first kappa shape index (κ1) is 26.7. The van der Waals surface area contributed by atoms with Crippen LogP contribution in [0.5, 0.6) is 0 Å². The molecule has 0 saturated heterocycles. The van der Waals surface area contributed by atoms with Crippen LogP contribution in [0.25, 0.3) is 0 Å². The van der Waals surface area contributed by atoms with Gasteiger partial charge in [0.25, 0.3) is 0 Å². The summed E-state index contributed by atoms with van der Waals surface area (Å²) < 4.78 is 10.2. The van der Waals surface area contributed by atoms with Gasteiger partial charge >= 0.3 is 41.6 Å². The van der Waals surface area contributed by atoms with Gasteiger partial charge in [-0.05, 0) is 30.5 Å². The molecule has 0 bridgehead atoms. The van der Waals surface area contributed by atoms with Crippen molar-refractivity contribution in [1.29, 1.82) is 0 Å². The van der Waals surface area contributed by atoms with Crippen molar-refractivity contribution in [3.05, 3.63) is 34.9 Å². The molecule has 0 aliphatic heterocycles. The number of nitrogens with one attached hydrogen (secondary N) is 1. The maximum Gasteiger partial charge on any atom is 1.00 e. The molecule has 0 aromatic heterocycles. The second kappa shape index (κ2) is 13.8. The molecular weight excluding hydrogens is 397 g/mol. The van der Waals surface area contributed by atoms with Gasteiger partial charge in [0.05, 0.1) is 5.92 Å². The van der Waals surface area contributed by atoms with Gasteiger partial charge in [-0.25, -0.2) is 4.79 Å². The zero-order valence-electron chi connectivity index (χ0n) is 16.7. The van der Waals surface area contributed by atoms with Gasteiger partial charge < -0.3 is 24.7 Å². The quantitative estimate of drug-likeness (QED) is 0.314. The number of alkyl carbamates (subject to hydrolysis) is 1. The van der Waals surface area contributed by atoms with Crippen LogP contribution in [-0.2, 0) is 19.1 Å². The summed E-state index contributed by atoms with van der Waals surface area (Å²) in [6, 6.07) is 6.38. The number of rotatable bonds is 10. The van der Waals surface area contributed by atoms with Crippen LogP contribution < -0.4 is 40.0 Å². The number of carboxylic acids is 1. The van der Waals surface area contributed by atoms with E-state index in [0.717, 1.165) is 0 Å². The van der Waals surface area contributed by atoms with Gasteiger partial charge in [0, 0.05) is 29.9 Å². The van der Waals surface area contributed by atoms with E-state index in [1.54, 1.807) is 38.1 Å². The molecule has 0 spiro atoms. The van der Waals surface area contributed by atoms with E-state index in [4.69, 9.17) is 21.1 Å². The zero-order valence-corrected chi connectivity index (χ0v) is 19.5. The van der Waals surface area contributed by atoms with Crippen molar-refractivity contribution in [1.82, 2.24) is 5.32 Å². The predicted molar refractivity (Wildman–Crippen MR) is 97.9 cm³/mol. The van der Waals surface area contributed by atoms with Crippen molar-refractivity contribution in [3.8, 4) is 0 Å². The Morgan fingerprint density at radius 1 is 1.11 bits per heavy atom. The maximum absolute atomic E-state index is 11.9. The summed E-state index contributed by atoms with van der Waals surface area (Å²) in [6.07, 6.45) is -0.606. The van der Waals surface area contributed by atoms with Crippen molar-refractivity contribution in [2.24, 2.45) is 5.92 Å². The molecule has 0 saturated carbocycles. The van der Waals surface area contributed by atoms with Gasteiger partial charge in [-0.2, -0.15) is 0 Å². The summed E-state index contributed by atoms with van der Waals surface area (Å²) in [4.78, 5) is 34.9. The van der Waals surface area contributed by atoms with Crippen LogP contribution >= 0.6 is 11.6 Å². The molecule has 2 atom stereocenters. The number of amides is 1. The smallest absolute Gasteiger partial charge is 0.549 e. The molecule has 7 nitrogen and oxygen atoms in total. The number of halogens is 1. The topological polar surface area (TPSA) is 105 Å². The molecule has 1 N–H and O–H groups in total. The van der Waals surface area contributed by atoms with Crippen LogP contribution in [0.4, 0.5) is 4.79 Å². The Kier molecular flexibility index (Phi) is 13.2. The first-order chi connectivity index (χ1) is 12.7. The number of aliphatic carboxylic acids is 1. The molecular formula is C19H25ClNNaO6. The summed E-state index contributed by atoms with van der Waals surface area (Å²) in [5.74, 6) is -2.93. The molecule has 1 amide bonds. The van der Waals surface area contributed by atoms with Gasteiger partial charge in [0.2, 0.25) is 6.29 Å². The number of hydrogen-bond acceptors (Lipinski definition) is 6. The molecule has 0 radical (unpaired) electrons. The Bertz CT molecular complexity index is 638. The Balaban J connectivity index is 0.00000729. The molecule has 0 aliphatic rings. The monoisotopic (exact) mass is 421 g/mol. The second-order valence-corrected chi connectivity index (χ2v) is 6.79. The summed E-state index contributed by atoms with van der Waals surface area (Å²) in [6.45, 7) is 5.29. The van der Waals surface area contributed by atoms with Crippen molar-refractivity contribution < 1.29 is 58.5 Å². The number of benzene rings is 1. The van der Waals surface area contributed by atoms with Gasteiger partial charge in [-0.1, -0.05) is 44.5 Å². The number of carboxylic acid groups (broad SMARTS) is 1. The van der Waals surface area contributed by atoms with Crippen molar-refractivity contribution in [2.45, 2.75) is 52.2 Å². The fraction of sp³-hybridized carbons (Fsp3) is 0.526. The van der Waals surface area contributed by atoms with E-state index in [9.17, 15) is 19.5 Å². The van der Waals surface area contributed by atoms with Gasteiger partial charge in [-0.15, -0.1) is 0 Å². The van der Waals surface area contributed by atoms with Crippen LogP contribution in [-0.4, -0.2) is 30.9 Å². The predicted octanol–water partition coefficient (Wildman–Crippen LogP) is -0.381. The van der Waals surface area contributed by atoms with Crippen LogP contribution in [0.1, 0.15) is 51.5 Å². The Hall–Kier alpha value is -1.28. The van der Waals surface area contributed by atoms with Crippen molar-refractivity contribution in [2.75, 3.05) is 6.54 Å². The minimum absolute atomic E-state index is 0. The molecule has 150 valence electrons. The van der Waals surface area contributed by atoms with Gasteiger partial charge in [-0.3, -0.25) is 4.79 Å². The largest absolute Gasteiger partial charge is 1.00 e. The number of carbonyl (C=O) groups excluding carboxylic acids is 3. The Morgan fingerprint density at radius 3 is 2.21 bits per heavy atom. The van der Waals surface area contributed by atoms with Crippen molar-refractivity contribution in [3.63, 3.8) is 0 Å². The summed E-state index contributed by atoms with van der Waals surface area (Å²) in [5.41, 5.74) is 0.532. The van der Waals surface area contributed by atoms with Crippen LogP contribution in [0.15, 0.2) is 24.3 Å².